The van der Waals surface area contributed by atoms with Crippen molar-refractivity contribution in [2.45, 2.75) is 65.2 Å². The highest BCUT2D eigenvalue weighted by Gasteiger charge is 2.07. The van der Waals surface area contributed by atoms with E-state index >= 15 is 0 Å². The number of hydrogen-bond donors (Lipinski definition) is 1. The molecule has 0 aliphatic heterocycles. The second-order valence-corrected chi connectivity index (χ2v) is 7.17. The van der Waals surface area contributed by atoms with Gasteiger partial charge in [0, 0.05) is 0 Å². The lowest BCUT2D eigenvalue weighted by molar-refractivity contribution is 0.201. The van der Waals surface area contributed by atoms with Crippen LogP contribution in [0.2, 0.25) is 0 Å². The van der Waals surface area contributed by atoms with Crippen molar-refractivity contribution in [3.8, 4) is 5.75 Å². The van der Waals surface area contributed by atoms with E-state index in [-0.39, 0.29) is 13.2 Å². The summed E-state index contributed by atoms with van der Waals surface area (Å²) >= 11 is 0. The van der Waals surface area contributed by atoms with Crippen LogP contribution in [-0.4, -0.2) is 26.2 Å². The van der Waals surface area contributed by atoms with Crippen LogP contribution in [-0.2, 0) is 21.0 Å². The Hall–Kier alpha value is -1.11. The average molecular weight is 359 g/mol. The molecule has 0 spiro atoms. The summed E-state index contributed by atoms with van der Waals surface area (Å²) in [4.78, 5) is 0. The molecule has 1 N–H and O–H groups in total. The fourth-order valence-electron chi connectivity index (χ4n) is 2.61. The maximum absolute atomic E-state index is 10.5. The highest BCUT2D eigenvalue weighted by atomic mass is 32.3. The van der Waals surface area contributed by atoms with Gasteiger partial charge in [-0.1, -0.05) is 63.1 Å². The summed E-state index contributed by atoms with van der Waals surface area (Å²) in [7, 11) is -4.40. The molecule has 0 aliphatic rings. The van der Waals surface area contributed by atoms with E-state index in [9.17, 15) is 8.42 Å². The van der Waals surface area contributed by atoms with Crippen molar-refractivity contribution in [1.82, 2.24) is 0 Å². The molecule has 138 valence electrons. The molecule has 1 aromatic carbocycles. The van der Waals surface area contributed by atoms with Gasteiger partial charge in [0.05, 0.1) is 0 Å². The first-order valence-electron chi connectivity index (χ1n) is 8.76. The zero-order chi connectivity index (χ0) is 17.8. The first kappa shape index (κ1) is 20.9. The standard InChI is InChI=1S/C18H30O5S/c1-3-4-5-6-7-8-9-10-17-15-16(2)11-12-18(17)22-13-14-23-24(19,20)21/h11-12,15H,3-10,13-14H2,1-2H3,(H,19,20,21). The van der Waals surface area contributed by atoms with Crippen LogP contribution in [0.1, 0.15) is 63.0 Å². The molecule has 1 aromatic rings. The summed E-state index contributed by atoms with van der Waals surface area (Å²) in [5, 5.41) is 0. The van der Waals surface area contributed by atoms with Crippen molar-refractivity contribution in [3.63, 3.8) is 0 Å². The second-order valence-electron chi connectivity index (χ2n) is 6.08. The molecule has 0 radical (unpaired) electrons. The molecule has 0 heterocycles. The van der Waals surface area contributed by atoms with E-state index in [1.165, 1.54) is 44.1 Å². The number of unbranched alkanes of at least 4 members (excludes halogenated alkanes) is 6. The number of aryl methyl sites for hydroxylation is 2. The van der Waals surface area contributed by atoms with Gasteiger partial charge in [-0.2, -0.15) is 8.42 Å². The zero-order valence-electron chi connectivity index (χ0n) is 14.8. The van der Waals surface area contributed by atoms with Gasteiger partial charge in [-0.3, -0.25) is 4.55 Å². The van der Waals surface area contributed by atoms with Crippen LogP contribution >= 0.6 is 0 Å². The number of rotatable bonds is 13. The molecular formula is C18H30O5S. The Morgan fingerprint density at radius 1 is 1.00 bits per heavy atom. The van der Waals surface area contributed by atoms with E-state index in [0.717, 1.165) is 24.2 Å². The maximum Gasteiger partial charge on any atom is 0.397 e. The molecule has 0 unspecified atom stereocenters. The third-order valence-corrected chi connectivity index (χ3v) is 4.30. The summed E-state index contributed by atoms with van der Waals surface area (Å²) in [6.07, 6.45) is 9.76. The van der Waals surface area contributed by atoms with Crippen LogP contribution in [0.15, 0.2) is 18.2 Å². The van der Waals surface area contributed by atoms with Gasteiger partial charge < -0.3 is 4.74 Å². The highest BCUT2D eigenvalue weighted by molar-refractivity contribution is 7.80. The Kier molecular flexibility index (Phi) is 9.98. The minimum Gasteiger partial charge on any atom is -0.491 e. The van der Waals surface area contributed by atoms with E-state index in [1.807, 2.05) is 19.1 Å². The molecular weight excluding hydrogens is 328 g/mol. The molecule has 0 amide bonds. The lowest BCUT2D eigenvalue weighted by Crippen LogP contribution is -2.12. The predicted octanol–water partition coefficient (Wildman–Crippen LogP) is 4.49. The summed E-state index contributed by atoms with van der Waals surface area (Å²) < 4.78 is 39.4. The molecule has 0 bridgehead atoms. The molecule has 0 atom stereocenters. The zero-order valence-corrected chi connectivity index (χ0v) is 15.6. The fraction of sp³-hybridized carbons (Fsp3) is 0.667. The Morgan fingerprint density at radius 3 is 2.33 bits per heavy atom. The van der Waals surface area contributed by atoms with Crippen LogP contribution < -0.4 is 4.74 Å². The smallest absolute Gasteiger partial charge is 0.397 e. The number of ether oxygens (including phenoxy) is 1. The topological polar surface area (TPSA) is 72.8 Å². The lowest BCUT2D eigenvalue weighted by atomic mass is 10.0. The summed E-state index contributed by atoms with van der Waals surface area (Å²) in [5.41, 5.74) is 2.31. The average Bonchev–Trinajstić information content (AvgIpc) is 2.51. The van der Waals surface area contributed by atoms with Crippen LogP contribution in [0.4, 0.5) is 0 Å². The molecule has 5 nitrogen and oxygen atoms in total. The largest absolute Gasteiger partial charge is 0.491 e. The Labute approximate surface area is 146 Å². The maximum atomic E-state index is 10.5. The van der Waals surface area contributed by atoms with Crippen molar-refractivity contribution >= 4 is 10.4 Å². The van der Waals surface area contributed by atoms with Gasteiger partial charge in [-0.15, -0.1) is 0 Å². The van der Waals surface area contributed by atoms with Gasteiger partial charge in [-0.25, -0.2) is 4.18 Å². The van der Waals surface area contributed by atoms with Crippen LogP contribution in [0.5, 0.6) is 5.75 Å². The second kappa shape index (κ2) is 11.4. The van der Waals surface area contributed by atoms with Gasteiger partial charge in [0.2, 0.25) is 0 Å². The number of benzene rings is 1. The van der Waals surface area contributed by atoms with Crippen molar-refractivity contribution in [2.24, 2.45) is 0 Å². The van der Waals surface area contributed by atoms with E-state index < -0.39 is 10.4 Å². The molecule has 1 rings (SSSR count). The van der Waals surface area contributed by atoms with Crippen LogP contribution in [0.3, 0.4) is 0 Å². The highest BCUT2D eigenvalue weighted by Crippen LogP contribution is 2.22. The van der Waals surface area contributed by atoms with Crippen LogP contribution in [0.25, 0.3) is 0 Å². The van der Waals surface area contributed by atoms with E-state index in [0.29, 0.717) is 0 Å². The Bertz CT molecular complexity index is 569. The monoisotopic (exact) mass is 358 g/mol. The third kappa shape index (κ3) is 9.90. The molecule has 6 heteroatoms. The molecule has 0 aromatic heterocycles. The molecule has 0 saturated heterocycles. The summed E-state index contributed by atoms with van der Waals surface area (Å²) in [6.45, 7) is 4.14. The quantitative estimate of drug-likeness (QED) is 0.415. The van der Waals surface area contributed by atoms with E-state index in [1.54, 1.807) is 0 Å². The Morgan fingerprint density at radius 2 is 1.67 bits per heavy atom. The van der Waals surface area contributed by atoms with Gasteiger partial charge in [-0.05, 0) is 31.4 Å². The van der Waals surface area contributed by atoms with Gasteiger partial charge in [0.1, 0.15) is 19.0 Å². The Balaban J connectivity index is 2.38. The van der Waals surface area contributed by atoms with Gasteiger partial charge in [0.25, 0.3) is 0 Å². The molecule has 0 fully saturated rings. The number of hydrogen-bond acceptors (Lipinski definition) is 4. The lowest BCUT2D eigenvalue weighted by Gasteiger charge is -2.12. The first-order chi connectivity index (χ1) is 11.4. The van der Waals surface area contributed by atoms with Crippen molar-refractivity contribution < 1.29 is 21.9 Å². The summed E-state index contributed by atoms with van der Waals surface area (Å²) in [5.74, 6) is 0.755. The van der Waals surface area contributed by atoms with Gasteiger partial charge in [0.15, 0.2) is 0 Å². The minimum absolute atomic E-state index is 0.0763. The predicted molar refractivity (Wildman–Crippen MR) is 95.9 cm³/mol. The van der Waals surface area contributed by atoms with Crippen LogP contribution in [0, 0.1) is 6.92 Å². The summed E-state index contributed by atoms with van der Waals surface area (Å²) in [6, 6.07) is 5.97. The fourth-order valence-corrected chi connectivity index (χ4v) is 2.89. The van der Waals surface area contributed by atoms with Crippen molar-refractivity contribution in [1.29, 1.82) is 0 Å². The van der Waals surface area contributed by atoms with Crippen molar-refractivity contribution in [3.05, 3.63) is 29.3 Å². The van der Waals surface area contributed by atoms with E-state index in [2.05, 4.69) is 17.2 Å². The SMILES string of the molecule is CCCCCCCCCc1cc(C)ccc1OCCOS(=O)(=O)O. The molecule has 0 saturated carbocycles. The van der Waals surface area contributed by atoms with E-state index in [4.69, 9.17) is 9.29 Å². The molecule has 24 heavy (non-hydrogen) atoms. The molecule has 0 aliphatic carbocycles. The minimum atomic E-state index is -4.40. The first-order valence-corrected chi connectivity index (χ1v) is 10.1. The normalized spacial score (nSPS) is 11.6. The van der Waals surface area contributed by atoms with Crippen molar-refractivity contribution in [2.75, 3.05) is 13.2 Å². The third-order valence-electron chi connectivity index (χ3n) is 3.84. The van der Waals surface area contributed by atoms with Gasteiger partial charge >= 0.3 is 10.4 Å².